The van der Waals surface area contributed by atoms with Crippen LogP contribution in [-0.2, 0) is 0 Å². The number of hydrogen-bond acceptors (Lipinski definition) is 3. The van der Waals surface area contributed by atoms with E-state index in [2.05, 4.69) is 37.8 Å². The molecule has 0 bridgehead atoms. The zero-order valence-corrected chi connectivity index (χ0v) is 11.1. The van der Waals surface area contributed by atoms with Gasteiger partial charge in [0.05, 0.1) is 12.4 Å². The van der Waals surface area contributed by atoms with Gasteiger partial charge in [-0.2, -0.15) is 5.10 Å². The molecule has 0 aliphatic heterocycles. The Morgan fingerprint density at radius 2 is 2.35 bits per heavy atom. The number of hydrogen-bond donors (Lipinski definition) is 1. The van der Waals surface area contributed by atoms with E-state index < -0.39 is 0 Å². The molecular formula is C13H23N3O. The quantitative estimate of drug-likeness (QED) is 0.557. The van der Waals surface area contributed by atoms with Crippen LogP contribution >= 0.6 is 0 Å². The van der Waals surface area contributed by atoms with Gasteiger partial charge in [0.2, 0.25) is 0 Å². The van der Waals surface area contributed by atoms with Crippen molar-refractivity contribution in [1.29, 1.82) is 0 Å². The molecule has 0 fully saturated rings. The maximum absolute atomic E-state index is 5.61. The largest absolute Gasteiger partial charge is 0.486 e. The summed E-state index contributed by atoms with van der Waals surface area (Å²) in [5, 5.41) is 7.51. The summed E-state index contributed by atoms with van der Waals surface area (Å²) >= 11 is 0. The van der Waals surface area contributed by atoms with Crippen molar-refractivity contribution in [1.82, 2.24) is 15.1 Å². The molecule has 4 heteroatoms. The molecule has 0 amide bonds. The van der Waals surface area contributed by atoms with Gasteiger partial charge in [-0.25, -0.2) is 0 Å². The molecule has 0 saturated carbocycles. The van der Waals surface area contributed by atoms with Crippen LogP contribution in [0.1, 0.15) is 33.2 Å². The van der Waals surface area contributed by atoms with Gasteiger partial charge in [-0.1, -0.05) is 13.5 Å². The zero-order chi connectivity index (χ0) is 12.7. The third-order valence-electron chi connectivity index (χ3n) is 2.35. The molecule has 0 spiro atoms. The normalized spacial score (nSPS) is 10.8. The molecule has 0 aliphatic rings. The minimum absolute atomic E-state index is 0.363. The van der Waals surface area contributed by atoms with Gasteiger partial charge < -0.3 is 10.1 Å². The van der Waals surface area contributed by atoms with Crippen LogP contribution in [0.2, 0.25) is 0 Å². The molecule has 4 nitrogen and oxygen atoms in total. The molecule has 0 aromatic carbocycles. The van der Waals surface area contributed by atoms with E-state index in [-0.39, 0.29) is 0 Å². The van der Waals surface area contributed by atoms with Crippen LogP contribution in [0.3, 0.4) is 0 Å². The number of rotatable bonds is 8. The lowest BCUT2D eigenvalue weighted by molar-refractivity contribution is 0.347. The van der Waals surface area contributed by atoms with Crippen LogP contribution in [0.15, 0.2) is 24.5 Å². The van der Waals surface area contributed by atoms with E-state index in [4.69, 9.17) is 4.74 Å². The summed E-state index contributed by atoms with van der Waals surface area (Å²) in [7, 11) is 0. The average molecular weight is 237 g/mol. The Bertz CT molecular complexity index is 344. The van der Waals surface area contributed by atoms with Gasteiger partial charge in [0.1, 0.15) is 6.61 Å². The minimum Gasteiger partial charge on any atom is -0.486 e. The Labute approximate surface area is 104 Å². The summed E-state index contributed by atoms with van der Waals surface area (Å²) in [4.78, 5) is 0. The van der Waals surface area contributed by atoms with Gasteiger partial charge in [-0.15, -0.1) is 0 Å². The lowest BCUT2D eigenvalue weighted by atomic mass is 10.3. The van der Waals surface area contributed by atoms with Crippen LogP contribution in [0.25, 0.3) is 0 Å². The van der Waals surface area contributed by atoms with Crippen molar-refractivity contribution in [3.8, 4) is 5.75 Å². The van der Waals surface area contributed by atoms with E-state index in [9.17, 15) is 0 Å². The van der Waals surface area contributed by atoms with Gasteiger partial charge in [0.25, 0.3) is 0 Å². The Balaban J connectivity index is 2.27. The number of nitrogens with zero attached hydrogens (tertiary/aromatic N) is 2. The van der Waals surface area contributed by atoms with Crippen molar-refractivity contribution in [2.24, 2.45) is 0 Å². The predicted octanol–water partition coefficient (Wildman–Crippen LogP) is 2.40. The van der Waals surface area contributed by atoms with Gasteiger partial charge in [-0.05, 0) is 32.4 Å². The van der Waals surface area contributed by atoms with E-state index in [1.54, 1.807) is 6.20 Å². The monoisotopic (exact) mass is 237 g/mol. The van der Waals surface area contributed by atoms with Crippen LogP contribution < -0.4 is 10.1 Å². The maximum Gasteiger partial charge on any atom is 0.157 e. The van der Waals surface area contributed by atoms with E-state index in [1.165, 1.54) is 0 Å². The highest BCUT2D eigenvalue weighted by Crippen LogP contribution is 2.12. The van der Waals surface area contributed by atoms with Gasteiger partial charge in [0, 0.05) is 12.6 Å². The third kappa shape index (κ3) is 5.04. The van der Waals surface area contributed by atoms with Crippen molar-refractivity contribution >= 4 is 0 Å². The van der Waals surface area contributed by atoms with Crippen molar-refractivity contribution < 1.29 is 4.74 Å². The average Bonchev–Trinajstić information content (AvgIpc) is 2.75. The van der Waals surface area contributed by atoms with Crippen LogP contribution in [0, 0.1) is 0 Å². The fourth-order valence-corrected chi connectivity index (χ4v) is 1.36. The van der Waals surface area contributed by atoms with Gasteiger partial charge in [0.15, 0.2) is 5.75 Å². The molecule has 0 radical (unpaired) electrons. The second kappa shape index (κ2) is 7.12. The number of ether oxygens (including phenoxy) is 1. The van der Waals surface area contributed by atoms with Crippen LogP contribution in [-0.4, -0.2) is 29.5 Å². The third-order valence-corrected chi connectivity index (χ3v) is 2.35. The highest BCUT2D eigenvalue weighted by atomic mass is 16.5. The van der Waals surface area contributed by atoms with E-state index in [1.807, 2.05) is 10.9 Å². The van der Waals surface area contributed by atoms with Crippen molar-refractivity contribution in [2.45, 2.75) is 33.2 Å². The summed E-state index contributed by atoms with van der Waals surface area (Å²) in [6.45, 7) is 12.7. The fourth-order valence-electron chi connectivity index (χ4n) is 1.36. The molecule has 17 heavy (non-hydrogen) atoms. The molecule has 0 atom stereocenters. The topological polar surface area (TPSA) is 39.1 Å². The summed E-state index contributed by atoms with van der Waals surface area (Å²) in [6, 6.07) is 0.363. The predicted molar refractivity (Wildman–Crippen MR) is 70.4 cm³/mol. The summed E-state index contributed by atoms with van der Waals surface area (Å²) in [5.74, 6) is 0.801. The summed E-state index contributed by atoms with van der Waals surface area (Å²) in [6.07, 6.45) is 4.79. The second-order valence-corrected chi connectivity index (χ2v) is 4.47. The molecule has 1 N–H and O–H groups in total. The maximum atomic E-state index is 5.61. The van der Waals surface area contributed by atoms with Crippen molar-refractivity contribution in [2.75, 3.05) is 19.7 Å². The first-order chi connectivity index (χ1) is 8.13. The number of aromatic nitrogens is 2. The van der Waals surface area contributed by atoms with Crippen molar-refractivity contribution in [3.63, 3.8) is 0 Å². The molecule has 0 aliphatic carbocycles. The summed E-state index contributed by atoms with van der Waals surface area (Å²) in [5.41, 5.74) is 1.05. The first kappa shape index (κ1) is 13.8. The van der Waals surface area contributed by atoms with E-state index in [0.29, 0.717) is 12.6 Å². The molecule has 96 valence electrons. The number of nitrogens with one attached hydrogen (secondary N) is 1. The fraction of sp³-hybridized carbons (Fsp3) is 0.615. The molecule has 1 aromatic heterocycles. The molecule has 1 aromatic rings. The first-order valence-corrected chi connectivity index (χ1v) is 6.17. The summed E-state index contributed by atoms with van der Waals surface area (Å²) < 4.78 is 7.49. The lowest BCUT2D eigenvalue weighted by Gasteiger charge is -2.08. The highest BCUT2D eigenvalue weighted by Gasteiger charge is 2.03. The Hall–Kier alpha value is -1.29. The second-order valence-electron chi connectivity index (χ2n) is 4.47. The lowest BCUT2D eigenvalue weighted by Crippen LogP contribution is -2.20. The Morgan fingerprint density at radius 3 is 2.94 bits per heavy atom. The minimum atomic E-state index is 0.363. The highest BCUT2D eigenvalue weighted by molar-refractivity contribution is 5.13. The Morgan fingerprint density at radius 1 is 1.59 bits per heavy atom. The first-order valence-electron chi connectivity index (χ1n) is 6.17. The van der Waals surface area contributed by atoms with Crippen LogP contribution in [0.4, 0.5) is 0 Å². The molecule has 1 heterocycles. The molecule has 0 saturated heterocycles. The molecule has 1 rings (SSSR count). The van der Waals surface area contributed by atoms with E-state index >= 15 is 0 Å². The van der Waals surface area contributed by atoms with E-state index in [0.717, 1.165) is 30.8 Å². The smallest absolute Gasteiger partial charge is 0.157 e. The Kier molecular flexibility index (Phi) is 5.77. The van der Waals surface area contributed by atoms with Crippen LogP contribution in [0.5, 0.6) is 5.75 Å². The van der Waals surface area contributed by atoms with Gasteiger partial charge >= 0.3 is 0 Å². The zero-order valence-electron chi connectivity index (χ0n) is 11.1. The van der Waals surface area contributed by atoms with Gasteiger partial charge in [-0.3, -0.25) is 4.68 Å². The molecular weight excluding hydrogens is 214 g/mol. The SMILES string of the molecule is C=C(CNCCC)COc1cnn(C(C)C)c1. The molecule has 0 unspecified atom stereocenters. The van der Waals surface area contributed by atoms with Crippen molar-refractivity contribution in [3.05, 3.63) is 24.5 Å². The standard InChI is InChI=1S/C13H23N3O/c1-5-6-14-7-12(4)10-17-13-8-15-16(9-13)11(2)3/h8-9,11,14H,4-7,10H2,1-3H3.